The highest BCUT2D eigenvalue weighted by atomic mass is 16.3. The standard InChI is InChI=1S/C14H20N2O2/c1-10-6-7-15-13(10)14(18)16-8-11-2-4-12(9-17)5-3-11/h2-5,10,13,15,17H,6-9H2,1H3,(H,16,18). The summed E-state index contributed by atoms with van der Waals surface area (Å²) in [6.45, 7) is 3.61. The Morgan fingerprint density at radius 3 is 2.61 bits per heavy atom. The van der Waals surface area contributed by atoms with Crippen molar-refractivity contribution in [2.45, 2.75) is 32.5 Å². The van der Waals surface area contributed by atoms with Crippen LogP contribution in [0.5, 0.6) is 0 Å². The monoisotopic (exact) mass is 248 g/mol. The van der Waals surface area contributed by atoms with Crippen LogP contribution in [0.25, 0.3) is 0 Å². The van der Waals surface area contributed by atoms with Crippen LogP contribution in [0.4, 0.5) is 0 Å². The zero-order chi connectivity index (χ0) is 13.0. The van der Waals surface area contributed by atoms with E-state index in [-0.39, 0.29) is 18.6 Å². The third-order valence-electron chi connectivity index (χ3n) is 3.49. The molecule has 0 aromatic heterocycles. The van der Waals surface area contributed by atoms with Crippen molar-refractivity contribution in [3.63, 3.8) is 0 Å². The second-order valence-electron chi connectivity index (χ2n) is 4.89. The average molecular weight is 248 g/mol. The molecule has 0 radical (unpaired) electrons. The molecule has 4 nitrogen and oxygen atoms in total. The summed E-state index contributed by atoms with van der Waals surface area (Å²) in [5.74, 6) is 0.480. The zero-order valence-corrected chi connectivity index (χ0v) is 10.6. The maximum absolute atomic E-state index is 11.9. The van der Waals surface area contributed by atoms with Crippen LogP contribution >= 0.6 is 0 Å². The maximum atomic E-state index is 11.9. The van der Waals surface area contributed by atoms with Gasteiger partial charge in [0.15, 0.2) is 0 Å². The Balaban J connectivity index is 1.85. The highest BCUT2D eigenvalue weighted by Crippen LogP contribution is 2.14. The van der Waals surface area contributed by atoms with Gasteiger partial charge in [-0.05, 0) is 30.0 Å². The van der Waals surface area contributed by atoms with Gasteiger partial charge in [-0.15, -0.1) is 0 Å². The Labute approximate surface area is 107 Å². The fourth-order valence-electron chi connectivity index (χ4n) is 2.25. The SMILES string of the molecule is CC1CCNC1C(=O)NCc1ccc(CO)cc1. The van der Waals surface area contributed by atoms with Crippen molar-refractivity contribution in [3.8, 4) is 0 Å². The summed E-state index contributed by atoms with van der Waals surface area (Å²) in [5, 5.41) is 15.1. The van der Waals surface area contributed by atoms with Crippen LogP contribution in [-0.4, -0.2) is 23.6 Å². The second-order valence-corrected chi connectivity index (χ2v) is 4.89. The molecule has 1 fully saturated rings. The summed E-state index contributed by atoms with van der Waals surface area (Å²) >= 11 is 0. The number of hydrogen-bond donors (Lipinski definition) is 3. The second kappa shape index (κ2) is 5.98. The van der Waals surface area contributed by atoms with E-state index >= 15 is 0 Å². The van der Waals surface area contributed by atoms with Crippen molar-refractivity contribution in [3.05, 3.63) is 35.4 Å². The Hall–Kier alpha value is -1.39. The van der Waals surface area contributed by atoms with Gasteiger partial charge in [0, 0.05) is 6.54 Å². The Kier molecular flexibility index (Phi) is 4.33. The largest absolute Gasteiger partial charge is 0.392 e. The first-order valence-electron chi connectivity index (χ1n) is 6.40. The lowest BCUT2D eigenvalue weighted by atomic mass is 10.0. The predicted octanol–water partition coefficient (Wildman–Crippen LogP) is 0.793. The topological polar surface area (TPSA) is 61.4 Å². The molecule has 1 saturated heterocycles. The fourth-order valence-corrected chi connectivity index (χ4v) is 2.25. The minimum absolute atomic E-state index is 0.0517. The third kappa shape index (κ3) is 3.09. The molecule has 0 aliphatic carbocycles. The summed E-state index contributed by atoms with van der Waals surface area (Å²) in [5.41, 5.74) is 1.93. The van der Waals surface area contributed by atoms with Gasteiger partial charge in [-0.2, -0.15) is 0 Å². The highest BCUT2D eigenvalue weighted by molar-refractivity contribution is 5.82. The number of amides is 1. The molecule has 1 aromatic rings. The van der Waals surface area contributed by atoms with Crippen LogP contribution < -0.4 is 10.6 Å². The first-order valence-corrected chi connectivity index (χ1v) is 6.40. The van der Waals surface area contributed by atoms with Gasteiger partial charge in [-0.25, -0.2) is 0 Å². The molecule has 0 saturated carbocycles. The summed E-state index contributed by atoms with van der Waals surface area (Å²) in [6.07, 6.45) is 1.06. The molecule has 1 heterocycles. The number of hydrogen-bond acceptors (Lipinski definition) is 3. The van der Waals surface area contributed by atoms with Gasteiger partial charge in [-0.1, -0.05) is 31.2 Å². The normalized spacial score (nSPS) is 23.0. The van der Waals surface area contributed by atoms with E-state index in [1.807, 2.05) is 24.3 Å². The highest BCUT2D eigenvalue weighted by Gasteiger charge is 2.28. The van der Waals surface area contributed by atoms with Crippen molar-refractivity contribution in [2.24, 2.45) is 5.92 Å². The molecule has 0 spiro atoms. The molecule has 2 atom stereocenters. The van der Waals surface area contributed by atoms with Crippen molar-refractivity contribution in [2.75, 3.05) is 6.54 Å². The minimum atomic E-state index is -0.0540. The third-order valence-corrected chi connectivity index (χ3v) is 3.49. The van der Waals surface area contributed by atoms with E-state index in [0.717, 1.165) is 24.1 Å². The van der Waals surface area contributed by atoms with Gasteiger partial charge in [0.1, 0.15) is 0 Å². The molecule has 2 unspecified atom stereocenters. The van der Waals surface area contributed by atoms with E-state index in [1.54, 1.807) is 0 Å². The molecule has 0 bridgehead atoms. The minimum Gasteiger partial charge on any atom is -0.392 e. The quantitative estimate of drug-likeness (QED) is 0.738. The van der Waals surface area contributed by atoms with Crippen molar-refractivity contribution in [1.29, 1.82) is 0 Å². The molecule has 1 aromatic carbocycles. The van der Waals surface area contributed by atoms with Gasteiger partial charge < -0.3 is 15.7 Å². The van der Waals surface area contributed by atoms with Gasteiger partial charge >= 0.3 is 0 Å². The van der Waals surface area contributed by atoms with Crippen LogP contribution in [0.2, 0.25) is 0 Å². The summed E-state index contributed by atoms with van der Waals surface area (Å²) in [6, 6.07) is 7.55. The van der Waals surface area contributed by atoms with E-state index in [4.69, 9.17) is 5.11 Å². The number of carbonyl (C=O) groups is 1. The number of benzene rings is 1. The van der Waals surface area contributed by atoms with E-state index < -0.39 is 0 Å². The van der Waals surface area contributed by atoms with Crippen LogP contribution in [0, 0.1) is 5.92 Å². The number of nitrogens with one attached hydrogen (secondary N) is 2. The molecule has 18 heavy (non-hydrogen) atoms. The van der Waals surface area contributed by atoms with Crippen LogP contribution in [0.15, 0.2) is 24.3 Å². The molecule has 2 rings (SSSR count). The van der Waals surface area contributed by atoms with Gasteiger partial charge in [-0.3, -0.25) is 4.79 Å². The number of rotatable bonds is 4. The molecular weight excluding hydrogens is 228 g/mol. The van der Waals surface area contributed by atoms with Crippen LogP contribution in [0.1, 0.15) is 24.5 Å². The Morgan fingerprint density at radius 1 is 1.39 bits per heavy atom. The smallest absolute Gasteiger partial charge is 0.237 e. The van der Waals surface area contributed by atoms with Crippen LogP contribution in [-0.2, 0) is 17.9 Å². The van der Waals surface area contributed by atoms with E-state index in [0.29, 0.717) is 12.5 Å². The molecule has 1 amide bonds. The van der Waals surface area contributed by atoms with Crippen LogP contribution in [0.3, 0.4) is 0 Å². The zero-order valence-electron chi connectivity index (χ0n) is 10.6. The van der Waals surface area contributed by atoms with Crippen molar-refractivity contribution < 1.29 is 9.90 Å². The van der Waals surface area contributed by atoms with Gasteiger partial charge in [0.05, 0.1) is 12.6 Å². The van der Waals surface area contributed by atoms with E-state index in [2.05, 4.69) is 17.6 Å². The first kappa shape index (κ1) is 13.1. The molecule has 4 heteroatoms. The van der Waals surface area contributed by atoms with Gasteiger partial charge in [0.25, 0.3) is 0 Å². The molecular formula is C14H20N2O2. The number of carbonyl (C=O) groups excluding carboxylic acids is 1. The maximum Gasteiger partial charge on any atom is 0.237 e. The van der Waals surface area contributed by atoms with E-state index in [1.165, 1.54) is 0 Å². The predicted molar refractivity (Wildman–Crippen MR) is 69.8 cm³/mol. The Bertz CT molecular complexity index is 403. The summed E-state index contributed by atoms with van der Waals surface area (Å²) in [7, 11) is 0. The van der Waals surface area contributed by atoms with Crippen molar-refractivity contribution >= 4 is 5.91 Å². The fraction of sp³-hybridized carbons (Fsp3) is 0.500. The summed E-state index contributed by atoms with van der Waals surface area (Å²) < 4.78 is 0. The van der Waals surface area contributed by atoms with Gasteiger partial charge in [0.2, 0.25) is 5.91 Å². The molecule has 1 aliphatic heterocycles. The average Bonchev–Trinajstić information content (AvgIpc) is 2.83. The number of aliphatic hydroxyl groups excluding tert-OH is 1. The van der Waals surface area contributed by atoms with Crippen molar-refractivity contribution in [1.82, 2.24) is 10.6 Å². The first-order chi connectivity index (χ1) is 8.70. The van der Waals surface area contributed by atoms with E-state index in [9.17, 15) is 4.79 Å². The lowest BCUT2D eigenvalue weighted by Gasteiger charge is -2.15. The lowest BCUT2D eigenvalue weighted by Crippen LogP contribution is -2.42. The number of aliphatic hydroxyl groups is 1. The lowest BCUT2D eigenvalue weighted by molar-refractivity contribution is -0.123. The Morgan fingerprint density at radius 2 is 2.06 bits per heavy atom. The summed E-state index contributed by atoms with van der Waals surface area (Å²) in [4.78, 5) is 11.9. The molecule has 98 valence electrons. The molecule has 3 N–H and O–H groups in total. The molecule has 1 aliphatic rings.